The van der Waals surface area contributed by atoms with E-state index in [0.29, 0.717) is 51.4 Å². The fraction of sp³-hybridized carbons (Fsp3) is 0.500. The number of aromatic nitrogens is 2. The van der Waals surface area contributed by atoms with Gasteiger partial charge in [0, 0.05) is 13.1 Å². The average molecular weight is 637 g/mol. The summed E-state index contributed by atoms with van der Waals surface area (Å²) in [4.78, 5) is 56.3. The molecule has 1 fully saturated rings. The van der Waals surface area contributed by atoms with Gasteiger partial charge < -0.3 is 19.1 Å². The molecule has 1 atom stereocenters. The Morgan fingerprint density at radius 1 is 1.07 bits per heavy atom. The lowest BCUT2D eigenvalue weighted by molar-refractivity contribution is -0.164. The van der Waals surface area contributed by atoms with Crippen molar-refractivity contribution in [1.29, 1.82) is 0 Å². The Morgan fingerprint density at radius 2 is 1.70 bits per heavy atom. The summed E-state index contributed by atoms with van der Waals surface area (Å²) in [6, 6.07) is 9.12. The van der Waals surface area contributed by atoms with Gasteiger partial charge in [0.2, 0.25) is 0 Å². The van der Waals surface area contributed by atoms with Gasteiger partial charge in [0.1, 0.15) is 22.1 Å². The van der Waals surface area contributed by atoms with Crippen molar-refractivity contribution in [2.75, 3.05) is 26.3 Å². The molecule has 1 aromatic carbocycles. The number of rotatable bonds is 6. The first-order valence-corrected chi connectivity index (χ1v) is 14.6. The molecule has 40 heavy (non-hydrogen) atoms. The minimum absolute atomic E-state index is 0.0769. The molecule has 0 N–H and O–H groups in total. The summed E-state index contributed by atoms with van der Waals surface area (Å²) in [6.45, 7) is 11.5. The van der Waals surface area contributed by atoms with E-state index in [0.717, 1.165) is 4.57 Å². The van der Waals surface area contributed by atoms with Gasteiger partial charge in [-0.05, 0) is 68.6 Å². The number of ether oxygens (including phenoxy) is 3. The average Bonchev–Trinajstić information content (AvgIpc) is 3.19. The summed E-state index contributed by atoms with van der Waals surface area (Å²) in [5, 5.41) is 0.305. The zero-order chi connectivity index (χ0) is 29.4. The van der Waals surface area contributed by atoms with Gasteiger partial charge in [0.05, 0.1) is 28.9 Å². The number of aryl methyl sites for hydroxylation is 1. The molecule has 0 bridgehead atoms. The van der Waals surface area contributed by atoms with Crippen LogP contribution >= 0.6 is 27.3 Å². The van der Waals surface area contributed by atoms with Crippen molar-refractivity contribution in [2.45, 2.75) is 65.3 Å². The maximum atomic E-state index is 14.1. The van der Waals surface area contributed by atoms with Crippen molar-refractivity contribution < 1.29 is 23.8 Å². The van der Waals surface area contributed by atoms with Gasteiger partial charge in [-0.1, -0.05) is 30.3 Å². The Bertz CT molecular complexity index is 1530. The molecule has 10 nitrogen and oxygen atoms in total. The van der Waals surface area contributed by atoms with E-state index in [1.165, 1.54) is 29.8 Å². The second-order valence-corrected chi connectivity index (χ2v) is 13.5. The quantitative estimate of drug-likeness (QED) is 0.365. The van der Waals surface area contributed by atoms with Crippen LogP contribution in [0.5, 0.6) is 0 Å². The minimum atomic E-state index is -1.62. The van der Waals surface area contributed by atoms with Crippen LogP contribution in [-0.2, 0) is 31.1 Å². The summed E-state index contributed by atoms with van der Waals surface area (Å²) in [5.74, 6) is -0.713. The first-order chi connectivity index (χ1) is 18.7. The first kappa shape index (κ1) is 30.0. The maximum absolute atomic E-state index is 14.1. The molecule has 1 aliphatic rings. The normalized spacial score (nSPS) is 15.2. The molecule has 1 aliphatic heterocycles. The van der Waals surface area contributed by atoms with Crippen molar-refractivity contribution in [3.63, 3.8) is 0 Å². The van der Waals surface area contributed by atoms with E-state index >= 15 is 0 Å². The van der Waals surface area contributed by atoms with Gasteiger partial charge in [-0.2, -0.15) is 0 Å². The molecule has 4 rings (SSSR count). The SMILES string of the molecule is Cc1c(Br)sc2c1c(=O)n(C(C)(C)C(=O)OC(C)(C)C)c(=O)n2CC(OC(=O)N1CCOCC1)c1ccccc1. The van der Waals surface area contributed by atoms with Crippen molar-refractivity contribution >= 4 is 49.5 Å². The summed E-state index contributed by atoms with van der Waals surface area (Å²) >= 11 is 4.75. The standard InChI is InChI=1S/C28H34BrN3O7S/c1-17-20-22(33)32(28(5,6)24(34)39-27(2,3)4)25(35)31(23(20)40-21(17)29)16-19(18-10-8-7-9-11-18)38-26(36)30-12-14-37-15-13-30/h7-11,19H,12-16H2,1-6H3. The van der Waals surface area contributed by atoms with E-state index in [1.54, 1.807) is 32.6 Å². The fourth-order valence-electron chi connectivity index (χ4n) is 4.45. The topological polar surface area (TPSA) is 109 Å². The van der Waals surface area contributed by atoms with Crippen LogP contribution in [0.1, 0.15) is 51.8 Å². The second-order valence-electron chi connectivity index (χ2n) is 11.2. The molecule has 3 aromatic rings. The lowest BCUT2D eigenvalue weighted by Crippen LogP contribution is -2.54. The highest BCUT2D eigenvalue weighted by molar-refractivity contribution is 9.11. The van der Waals surface area contributed by atoms with Gasteiger partial charge in [-0.15, -0.1) is 11.3 Å². The molecule has 0 spiro atoms. The van der Waals surface area contributed by atoms with Crippen molar-refractivity contribution in [3.8, 4) is 0 Å². The number of amides is 1. The second kappa shape index (κ2) is 11.5. The van der Waals surface area contributed by atoms with Gasteiger partial charge in [-0.3, -0.25) is 9.36 Å². The summed E-state index contributed by atoms with van der Waals surface area (Å²) in [5.41, 5.74) is -2.41. The highest BCUT2D eigenvalue weighted by Gasteiger charge is 2.39. The molecule has 1 unspecified atom stereocenters. The number of hydrogen-bond acceptors (Lipinski definition) is 8. The summed E-state index contributed by atoms with van der Waals surface area (Å²) in [6.07, 6.45) is -1.37. The van der Waals surface area contributed by atoms with E-state index in [9.17, 15) is 19.2 Å². The van der Waals surface area contributed by atoms with E-state index < -0.39 is 40.6 Å². The smallest absolute Gasteiger partial charge is 0.410 e. The zero-order valence-electron chi connectivity index (χ0n) is 23.5. The predicted octanol–water partition coefficient (Wildman–Crippen LogP) is 4.58. The maximum Gasteiger partial charge on any atom is 0.410 e. The predicted molar refractivity (Wildman–Crippen MR) is 156 cm³/mol. The highest BCUT2D eigenvalue weighted by Crippen LogP contribution is 2.34. The van der Waals surface area contributed by atoms with E-state index in [2.05, 4.69) is 15.9 Å². The minimum Gasteiger partial charge on any atom is -0.458 e. The molecule has 2 aromatic heterocycles. The van der Waals surface area contributed by atoms with Crippen LogP contribution in [-0.4, -0.2) is 58.0 Å². The largest absolute Gasteiger partial charge is 0.458 e. The monoisotopic (exact) mass is 635 g/mol. The number of nitrogens with zero attached hydrogens (tertiary/aromatic N) is 3. The van der Waals surface area contributed by atoms with Crippen LogP contribution in [0.2, 0.25) is 0 Å². The Balaban J connectivity index is 1.87. The van der Waals surface area contributed by atoms with E-state index in [4.69, 9.17) is 14.2 Å². The molecule has 1 amide bonds. The third-order valence-electron chi connectivity index (χ3n) is 6.64. The van der Waals surface area contributed by atoms with Gasteiger partial charge >= 0.3 is 17.8 Å². The molecule has 0 aliphatic carbocycles. The number of halogens is 1. The van der Waals surface area contributed by atoms with Crippen molar-refractivity contribution in [3.05, 3.63) is 66.1 Å². The molecule has 0 radical (unpaired) electrons. The van der Waals surface area contributed by atoms with Crippen LogP contribution in [0.25, 0.3) is 10.2 Å². The third-order valence-corrected chi connectivity index (χ3v) is 8.83. The lowest BCUT2D eigenvalue weighted by Gasteiger charge is -2.31. The van der Waals surface area contributed by atoms with Gasteiger partial charge in [0.25, 0.3) is 5.56 Å². The van der Waals surface area contributed by atoms with Gasteiger partial charge in [0.15, 0.2) is 0 Å². The van der Waals surface area contributed by atoms with Crippen molar-refractivity contribution in [1.82, 2.24) is 14.0 Å². The Labute approximate surface area is 244 Å². The number of hydrogen-bond donors (Lipinski definition) is 0. The number of fused-ring (bicyclic) bond motifs is 1. The number of morpholine rings is 1. The lowest BCUT2D eigenvalue weighted by atomic mass is 10.0. The van der Waals surface area contributed by atoms with E-state index in [-0.39, 0.29) is 6.54 Å². The number of esters is 1. The molecule has 0 saturated carbocycles. The van der Waals surface area contributed by atoms with Crippen LogP contribution in [0.15, 0.2) is 43.7 Å². The molecular formula is C28H34BrN3O7S. The molecule has 3 heterocycles. The third kappa shape index (κ3) is 6.03. The first-order valence-electron chi connectivity index (χ1n) is 13.0. The van der Waals surface area contributed by atoms with Gasteiger partial charge in [-0.25, -0.2) is 19.0 Å². The fourth-order valence-corrected chi connectivity index (χ4v) is 6.14. The highest BCUT2D eigenvalue weighted by atomic mass is 79.9. The Hall–Kier alpha value is -2.96. The van der Waals surface area contributed by atoms with Crippen LogP contribution in [0, 0.1) is 6.92 Å². The summed E-state index contributed by atoms with van der Waals surface area (Å²) in [7, 11) is 0. The number of carbonyl (C=O) groups excluding carboxylic acids is 2. The van der Waals surface area contributed by atoms with Crippen molar-refractivity contribution in [2.24, 2.45) is 0 Å². The van der Waals surface area contributed by atoms with Crippen LogP contribution in [0.3, 0.4) is 0 Å². The Morgan fingerprint density at radius 3 is 2.30 bits per heavy atom. The number of benzene rings is 1. The zero-order valence-corrected chi connectivity index (χ0v) is 25.9. The summed E-state index contributed by atoms with van der Waals surface area (Å²) < 4.78 is 20.0. The molecule has 12 heteroatoms. The Kier molecular flexibility index (Phi) is 8.63. The molecule has 216 valence electrons. The number of thiophene rings is 1. The number of carbonyl (C=O) groups is 2. The molecular weight excluding hydrogens is 602 g/mol. The van der Waals surface area contributed by atoms with E-state index in [1.807, 2.05) is 30.3 Å². The van der Waals surface area contributed by atoms with Crippen LogP contribution < -0.4 is 11.2 Å². The molecule has 1 saturated heterocycles. The van der Waals surface area contributed by atoms with Crippen LogP contribution in [0.4, 0.5) is 4.79 Å².